The van der Waals surface area contributed by atoms with E-state index in [1.54, 1.807) is 164 Å². The average Bonchev–Trinajstić information content (AvgIpc) is 0.775. The van der Waals surface area contributed by atoms with Crippen molar-refractivity contribution in [3.8, 4) is 5.75 Å². The van der Waals surface area contributed by atoms with E-state index in [9.17, 15) is 57.5 Å². The zero-order chi connectivity index (χ0) is 71.8. The minimum absolute atomic E-state index is 0.0290. The van der Waals surface area contributed by atoms with E-state index < -0.39 is 48.2 Å². The number of Topliss-reactive ketones (excluding diaryl/α,β-unsaturated/α-hetero) is 1. The zero-order valence-electron chi connectivity index (χ0n) is 52.1. The summed E-state index contributed by atoms with van der Waals surface area (Å²) in [5.74, 6) is -7.48. The van der Waals surface area contributed by atoms with Gasteiger partial charge >= 0.3 is 35.8 Å². The standard InChI is InChI=1S/C15H12O4.2C14H8O3S.2C14H10O3.C8H6O3/c16-14(17)10-19-13-8-6-12(7-9-13)15(18)11-4-2-1-3-5-11;15-12-8-4-1-2-7-11(8)18-13-9(12)5-3-6-10(13)14(16)17;15-13-9-3-1-2-4-11(9)18-12-6-5-8(14(16)17)7-10(12)13;15-13(10-6-2-1-3-7-10)11-8-4-5-9-12(11)14(16)17;15-13(10-4-2-1-3-5-10)11-6-8-12(9-7-11)14(16)17;9-7(8(10)11)6-4-2-1-3-5-6/h1-9H,10H2,(H,16,17);2*1-7H,(H,16,17);2*1-9H,(H,16,17);1-5H,(H,10,11). The minimum Gasteiger partial charge on any atom is -0.482 e. The fraction of sp³-hybridized carbons (Fsp3) is 0.0127. The molecule has 0 saturated heterocycles. The molecule has 0 spiro atoms. The van der Waals surface area contributed by atoms with Gasteiger partial charge in [0.1, 0.15) is 5.75 Å². The first-order valence-corrected chi connectivity index (χ1v) is 31.3. The van der Waals surface area contributed by atoms with Gasteiger partial charge in [-0.1, -0.05) is 182 Å². The predicted octanol–water partition coefficient (Wildman–Crippen LogP) is 14.8. The Bertz CT molecular complexity index is 5280. The molecule has 0 aliphatic rings. The summed E-state index contributed by atoms with van der Waals surface area (Å²) >= 11 is 2.83. The lowest BCUT2D eigenvalue weighted by atomic mass is 9.98. The van der Waals surface area contributed by atoms with Crippen molar-refractivity contribution in [2.45, 2.75) is 0 Å². The van der Waals surface area contributed by atoms with E-state index >= 15 is 0 Å². The Morgan fingerprint density at radius 2 is 0.650 bits per heavy atom. The predicted molar refractivity (Wildman–Crippen MR) is 380 cm³/mol. The molecule has 0 fully saturated rings. The van der Waals surface area contributed by atoms with Gasteiger partial charge in [-0.3, -0.25) is 28.8 Å². The van der Waals surface area contributed by atoms with Gasteiger partial charge in [0.05, 0.1) is 27.0 Å². The first-order valence-electron chi connectivity index (χ1n) is 29.7. The summed E-state index contributed by atoms with van der Waals surface area (Å²) in [5, 5.41) is 54.8. The first kappa shape index (κ1) is 72.3. The van der Waals surface area contributed by atoms with Crippen molar-refractivity contribution in [1.82, 2.24) is 0 Å². The Kier molecular flexibility index (Phi) is 25.2. The second-order valence-electron chi connectivity index (χ2n) is 20.9. The number of carbonyl (C=O) groups is 10. The molecule has 0 bridgehead atoms. The summed E-state index contributed by atoms with van der Waals surface area (Å²) < 4.78 is 8.07. The summed E-state index contributed by atoms with van der Waals surface area (Å²) in [4.78, 5) is 136. The number of ketones is 4. The molecule has 2 heterocycles. The molecular formula is C79H54O19S2. The van der Waals surface area contributed by atoms with Crippen LogP contribution in [0.3, 0.4) is 0 Å². The molecule has 2 aromatic heterocycles. The highest BCUT2D eigenvalue weighted by atomic mass is 32.1. The molecule has 6 N–H and O–H groups in total. The van der Waals surface area contributed by atoms with Gasteiger partial charge in [0, 0.05) is 74.6 Å². The molecule has 0 aliphatic carbocycles. The van der Waals surface area contributed by atoms with E-state index in [2.05, 4.69) is 0 Å². The van der Waals surface area contributed by atoms with Crippen LogP contribution in [0.15, 0.2) is 289 Å². The third-order valence-electron chi connectivity index (χ3n) is 14.3. The van der Waals surface area contributed by atoms with Crippen molar-refractivity contribution < 1.29 is 83.3 Å². The molecule has 0 radical (unpaired) electrons. The van der Waals surface area contributed by atoms with E-state index in [-0.39, 0.29) is 61.6 Å². The van der Waals surface area contributed by atoms with Crippen molar-refractivity contribution in [2.24, 2.45) is 0 Å². The minimum atomic E-state index is -1.42. The second kappa shape index (κ2) is 34.8. The number of aliphatic carboxylic acids is 2. The van der Waals surface area contributed by atoms with Gasteiger partial charge in [0.2, 0.25) is 0 Å². The van der Waals surface area contributed by atoms with Crippen molar-refractivity contribution >= 4 is 122 Å². The quantitative estimate of drug-likeness (QED) is 0.0315. The van der Waals surface area contributed by atoms with E-state index in [0.717, 1.165) is 14.1 Å². The van der Waals surface area contributed by atoms with Crippen LogP contribution in [0.4, 0.5) is 0 Å². The molecule has 13 rings (SSSR count). The van der Waals surface area contributed by atoms with Crippen LogP contribution < -0.4 is 15.6 Å². The van der Waals surface area contributed by atoms with Crippen LogP contribution in [0.5, 0.6) is 5.75 Å². The molecule has 0 atom stereocenters. The lowest BCUT2D eigenvalue weighted by molar-refractivity contribution is -0.139. The Hall–Kier alpha value is -13.5. The van der Waals surface area contributed by atoms with Crippen LogP contribution in [0.1, 0.15) is 99.6 Å². The summed E-state index contributed by atoms with van der Waals surface area (Å²) in [6, 6.07) is 77.0. The molecule has 0 amide bonds. The van der Waals surface area contributed by atoms with Crippen LogP contribution >= 0.6 is 22.7 Å². The fourth-order valence-corrected chi connectivity index (χ4v) is 11.6. The van der Waals surface area contributed by atoms with E-state index in [0.29, 0.717) is 59.8 Å². The zero-order valence-corrected chi connectivity index (χ0v) is 53.7. The third kappa shape index (κ3) is 19.1. The lowest BCUT2D eigenvalue weighted by Gasteiger charge is -2.04. The molecule has 496 valence electrons. The highest BCUT2D eigenvalue weighted by Gasteiger charge is 2.19. The number of fused-ring (bicyclic) bond motifs is 4. The maximum atomic E-state index is 12.3. The molecule has 0 saturated carbocycles. The Morgan fingerprint density at radius 3 is 1.12 bits per heavy atom. The second-order valence-corrected chi connectivity index (χ2v) is 23.0. The average molecular weight is 1370 g/mol. The lowest BCUT2D eigenvalue weighted by Crippen LogP contribution is -2.12. The molecule has 11 aromatic carbocycles. The highest BCUT2D eigenvalue weighted by molar-refractivity contribution is 7.25. The van der Waals surface area contributed by atoms with Crippen molar-refractivity contribution in [1.29, 1.82) is 0 Å². The number of hydrogen-bond donors (Lipinski definition) is 6. The number of carboxylic acids is 6. The normalized spacial score (nSPS) is 10.2. The summed E-state index contributed by atoms with van der Waals surface area (Å²) in [6.07, 6.45) is 0. The number of benzene rings is 11. The monoisotopic (exact) mass is 1370 g/mol. The smallest absolute Gasteiger partial charge is 0.377 e. The number of carboxylic acid groups (broad SMARTS) is 6. The van der Waals surface area contributed by atoms with Gasteiger partial charge in [0.25, 0.3) is 5.78 Å². The molecule has 100 heavy (non-hydrogen) atoms. The number of carbonyl (C=O) groups excluding carboxylic acids is 4. The summed E-state index contributed by atoms with van der Waals surface area (Å²) in [5.41, 5.74) is 3.45. The van der Waals surface area contributed by atoms with Gasteiger partial charge in [-0.05, 0) is 97.1 Å². The van der Waals surface area contributed by atoms with E-state index in [1.807, 2.05) is 48.5 Å². The highest BCUT2D eigenvalue weighted by Crippen LogP contribution is 2.28. The van der Waals surface area contributed by atoms with Crippen LogP contribution in [-0.2, 0) is 9.59 Å². The van der Waals surface area contributed by atoms with Gasteiger partial charge in [-0.15, -0.1) is 22.7 Å². The number of aromatic carboxylic acids is 4. The summed E-state index contributed by atoms with van der Waals surface area (Å²) in [7, 11) is 0. The van der Waals surface area contributed by atoms with Crippen LogP contribution in [0.25, 0.3) is 40.3 Å². The molecule has 0 unspecified atom stereocenters. The van der Waals surface area contributed by atoms with Crippen molar-refractivity contribution in [3.63, 3.8) is 0 Å². The SMILES string of the molecule is O=C(O)C(=O)c1ccccc1.O=C(O)COc1ccc(C(=O)c2ccccc2)cc1.O=C(O)c1ccc(C(=O)c2ccccc2)cc1.O=C(O)c1ccc2sc3ccccc3c(=O)c2c1.O=C(O)c1cccc2c(=O)c3ccccc3sc12.O=C(O)c1ccccc1C(=O)c1ccccc1. The van der Waals surface area contributed by atoms with Gasteiger partial charge in [-0.25, -0.2) is 28.8 Å². The Labute approximate surface area is 575 Å². The molecule has 19 nitrogen and oxygen atoms in total. The number of hydrogen-bond acceptors (Lipinski definition) is 15. The molecule has 13 aromatic rings. The topological polar surface area (TPSA) is 335 Å². The fourth-order valence-electron chi connectivity index (χ4n) is 9.38. The largest absolute Gasteiger partial charge is 0.482 e. The maximum absolute atomic E-state index is 12.3. The Balaban J connectivity index is 0.000000154. The Morgan fingerprint density at radius 1 is 0.290 bits per heavy atom. The van der Waals surface area contributed by atoms with Crippen LogP contribution in [-0.4, -0.2) is 96.2 Å². The van der Waals surface area contributed by atoms with Gasteiger partial charge in [0.15, 0.2) is 34.8 Å². The third-order valence-corrected chi connectivity index (χ3v) is 16.6. The van der Waals surface area contributed by atoms with E-state index in [4.69, 9.17) is 35.4 Å². The van der Waals surface area contributed by atoms with Crippen LogP contribution in [0.2, 0.25) is 0 Å². The molecular weight excluding hydrogens is 1320 g/mol. The van der Waals surface area contributed by atoms with Crippen molar-refractivity contribution in [2.75, 3.05) is 6.61 Å². The summed E-state index contributed by atoms with van der Waals surface area (Å²) in [6.45, 7) is -0.397. The van der Waals surface area contributed by atoms with Crippen LogP contribution in [0, 0.1) is 0 Å². The number of rotatable bonds is 15. The molecule has 21 heteroatoms. The van der Waals surface area contributed by atoms with Crippen molar-refractivity contribution in [3.05, 3.63) is 361 Å². The maximum Gasteiger partial charge on any atom is 0.377 e. The first-order chi connectivity index (χ1) is 48.1. The number of ether oxygens (including phenoxy) is 1. The van der Waals surface area contributed by atoms with Gasteiger partial charge < -0.3 is 35.4 Å². The van der Waals surface area contributed by atoms with E-state index in [1.165, 1.54) is 89.4 Å². The molecule has 0 aliphatic heterocycles. The van der Waals surface area contributed by atoms with Gasteiger partial charge in [-0.2, -0.15) is 0 Å².